The van der Waals surface area contributed by atoms with E-state index in [0.29, 0.717) is 6.67 Å². The van der Waals surface area contributed by atoms with Gasteiger partial charge >= 0.3 is 0 Å². The van der Waals surface area contributed by atoms with Gasteiger partial charge in [-0.3, -0.25) is 9.83 Å². The van der Waals surface area contributed by atoms with Gasteiger partial charge in [0.1, 0.15) is 18.2 Å². The van der Waals surface area contributed by atoms with Crippen LogP contribution in [0.5, 0.6) is 0 Å². The van der Waals surface area contributed by atoms with E-state index in [1.165, 1.54) is 17.0 Å². The van der Waals surface area contributed by atoms with Crippen molar-refractivity contribution < 1.29 is 4.84 Å². The first-order chi connectivity index (χ1) is 8.61. The van der Waals surface area contributed by atoms with Crippen LogP contribution in [0.25, 0.3) is 0 Å². The Morgan fingerprint density at radius 3 is 2.74 bits per heavy atom. The van der Waals surface area contributed by atoms with Gasteiger partial charge in [-0.25, -0.2) is 5.06 Å². The van der Waals surface area contributed by atoms with Gasteiger partial charge in [0.15, 0.2) is 0 Å². The lowest BCUT2D eigenvalue weighted by Crippen LogP contribution is -2.39. The van der Waals surface area contributed by atoms with Gasteiger partial charge in [-0.2, -0.15) is 0 Å². The van der Waals surface area contributed by atoms with Crippen LogP contribution >= 0.6 is 12.4 Å². The maximum atomic E-state index is 5.27. The molecule has 0 fully saturated rings. The fourth-order valence-corrected chi connectivity index (χ4v) is 2.60. The molecule has 0 aromatic heterocycles. The molecule has 3 heterocycles. The molecule has 3 rings (SSSR count). The molecule has 0 aromatic rings. The number of halogens is 1. The Bertz CT molecular complexity index is 521. The molecule has 5 nitrogen and oxygen atoms in total. The van der Waals surface area contributed by atoms with Gasteiger partial charge in [-0.1, -0.05) is 0 Å². The van der Waals surface area contributed by atoms with Crippen LogP contribution in [0.4, 0.5) is 0 Å². The lowest BCUT2D eigenvalue weighted by molar-refractivity contribution is -0.0968. The molecular weight excluding hydrogens is 264 g/mol. The predicted molar refractivity (Wildman–Crippen MR) is 77.4 cm³/mol. The van der Waals surface area contributed by atoms with E-state index in [4.69, 9.17) is 4.84 Å². The highest BCUT2D eigenvalue weighted by Crippen LogP contribution is 2.35. The molecular formula is C13H19ClN4O. The summed E-state index contributed by atoms with van der Waals surface area (Å²) in [5.41, 5.74) is 4.82. The number of rotatable bonds is 1. The summed E-state index contributed by atoms with van der Waals surface area (Å²) in [5, 5.41) is 1.81. The molecule has 0 amide bonds. The number of hydrogen-bond donors (Lipinski definition) is 0. The third-order valence-corrected chi connectivity index (χ3v) is 3.73. The summed E-state index contributed by atoms with van der Waals surface area (Å²) in [7, 11) is 3.79. The van der Waals surface area contributed by atoms with Crippen LogP contribution < -0.4 is 0 Å². The van der Waals surface area contributed by atoms with Crippen molar-refractivity contribution in [3.05, 3.63) is 34.6 Å². The van der Waals surface area contributed by atoms with Gasteiger partial charge < -0.3 is 9.80 Å². The fraction of sp³-hybridized carbons (Fsp3) is 0.462. The zero-order valence-electron chi connectivity index (χ0n) is 11.7. The van der Waals surface area contributed by atoms with Crippen LogP contribution in [0.1, 0.15) is 13.8 Å². The van der Waals surface area contributed by atoms with Crippen molar-refractivity contribution in [3.8, 4) is 0 Å². The molecule has 0 aliphatic carbocycles. The van der Waals surface area contributed by atoms with Crippen LogP contribution in [0.2, 0.25) is 0 Å². The lowest BCUT2D eigenvalue weighted by atomic mass is 10.0. The number of nitrogens with zero attached hydrogens (tertiary/aromatic N) is 4. The van der Waals surface area contributed by atoms with Crippen molar-refractivity contribution in [3.63, 3.8) is 0 Å². The number of likely N-dealkylation sites (N-methyl/N-ethyl adjacent to an activating group) is 1. The Labute approximate surface area is 119 Å². The first-order valence-electron chi connectivity index (χ1n) is 6.08. The SMILES string of the molecule is CON1C=C2C=NC3=C(N(C)CC(C)=C3C)N2C1.Cl. The highest BCUT2D eigenvalue weighted by Gasteiger charge is 2.33. The summed E-state index contributed by atoms with van der Waals surface area (Å²) in [5.74, 6) is 1.17. The smallest absolute Gasteiger partial charge is 0.137 e. The Kier molecular flexibility index (Phi) is 3.60. The topological polar surface area (TPSA) is 31.3 Å². The molecule has 19 heavy (non-hydrogen) atoms. The fourth-order valence-electron chi connectivity index (χ4n) is 2.60. The van der Waals surface area contributed by atoms with Crippen molar-refractivity contribution in [2.24, 2.45) is 4.99 Å². The number of hydrogen-bond acceptors (Lipinski definition) is 5. The Morgan fingerprint density at radius 2 is 2.05 bits per heavy atom. The average Bonchev–Trinajstić information content (AvgIpc) is 2.77. The molecule has 0 radical (unpaired) electrons. The van der Waals surface area contributed by atoms with E-state index < -0.39 is 0 Å². The molecule has 0 spiro atoms. The Balaban J connectivity index is 0.00000133. The van der Waals surface area contributed by atoms with Crippen LogP contribution in [0.15, 0.2) is 39.6 Å². The maximum Gasteiger partial charge on any atom is 0.137 e. The van der Waals surface area contributed by atoms with Crippen molar-refractivity contribution in [1.29, 1.82) is 0 Å². The summed E-state index contributed by atoms with van der Waals surface area (Å²) in [6, 6.07) is 0. The number of fused-ring (bicyclic) bond motifs is 2. The van der Waals surface area contributed by atoms with Crippen LogP contribution in [0.3, 0.4) is 0 Å². The molecule has 104 valence electrons. The second-order valence-electron chi connectivity index (χ2n) is 4.91. The summed E-state index contributed by atoms with van der Waals surface area (Å²) < 4.78 is 0. The Morgan fingerprint density at radius 1 is 1.32 bits per heavy atom. The summed E-state index contributed by atoms with van der Waals surface area (Å²) in [4.78, 5) is 14.4. The lowest BCUT2D eigenvalue weighted by Gasteiger charge is -2.38. The van der Waals surface area contributed by atoms with Gasteiger partial charge in [0, 0.05) is 13.6 Å². The molecule has 3 aliphatic heterocycles. The van der Waals surface area contributed by atoms with E-state index >= 15 is 0 Å². The summed E-state index contributed by atoms with van der Waals surface area (Å²) in [6.07, 6.45) is 3.88. The second-order valence-corrected chi connectivity index (χ2v) is 4.91. The van der Waals surface area contributed by atoms with E-state index in [0.717, 1.165) is 17.9 Å². The van der Waals surface area contributed by atoms with Gasteiger partial charge in [0.2, 0.25) is 0 Å². The Hall–Kier alpha value is -1.46. The molecule has 6 heteroatoms. The standard InChI is InChI=1S/C13H18N4O.ClH/c1-9-6-15(3)13-12(10(9)2)14-5-11-7-16(18-4)8-17(11)13;/h5,7H,6,8H2,1-4H3;1H. The van der Waals surface area contributed by atoms with Gasteiger partial charge in [-0.05, 0) is 25.0 Å². The molecule has 0 saturated carbocycles. The van der Waals surface area contributed by atoms with Crippen LogP contribution in [-0.2, 0) is 4.84 Å². The normalized spacial score (nSPS) is 21.5. The van der Waals surface area contributed by atoms with Crippen LogP contribution in [0, 0.1) is 0 Å². The molecule has 0 aromatic carbocycles. The maximum absolute atomic E-state index is 5.27. The van der Waals surface area contributed by atoms with Gasteiger partial charge in [0.25, 0.3) is 0 Å². The van der Waals surface area contributed by atoms with E-state index in [9.17, 15) is 0 Å². The first-order valence-corrected chi connectivity index (χ1v) is 6.08. The molecule has 0 atom stereocenters. The quantitative estimate of drug-likeness (QED) is 0.735. The number of aliphatic imine (C=N–C) groups is 1. The summed E-state index contributed by atoms with van der Waals surface area (Å²) in [6.45, 7) is 5.99. The van der Waals surface area contributed by atoms with Crippen molar-refractivity contribution in [2.45, 2.75) is 13.8 Å². The third kappa shape index (κ3) is 2.03. The second kappa shape index (κ2) is 4.90. The minimum Gasteiger partial charge on any atom is -0.355 e. The minimum atomic E-state index is 0. The van der Waals surface area contributed by atoms with E-state index in [2.05, 4.69) is 35.7 Å². The van der Waals surface area contributed by atoms with Crippen LogP contribution in [-0.4, -0.2) is 48.4 Å². The van der Waals surface area contributed by atoms with E-state index in [-0.39, 0.29) is 12.4 Å². The van der Waals surface area contributed by atoms with E-state index in [1.807, 2.05) is 17.5 Å². The zero-order chi connectivity index (χ0) is 12.9. The van der Waals surface area contributed by atoms with Gasteiger partial charge in [-0.15, -0.1) is 12.4 Å². The predicted octanol–water partition coefficient (Wildman–Crippen LogP) is 1.92. The minimum absolute atomic E-state index is 0. The van der Waals surface area contributed by atoms with E-state index in [1.54, 1.807) is 7.11 Å². The average molecular weight is 283 g/mol. The van der Waals surface area contributed by atoms with Crippen molar-refractivity contribution in [2.75, 3.05) is 27.4 Å². The molecule has 0 N–H and O–H groups in total. The number of allylic oxidation sites excluding steroid dienone is 2. The highest BCUT2D eigenvalue weighted by atomic mass is 35.5. The molecule has 0 saturated heterocycles. The summed E-state index contributed by atoms with van der Waals surface area (Å²) >= 11 is 0. The molecule has 0 bridgehead atoms. The first kappa shape index (κ1) is 14.0. The molecule has 0 unspecified atom stereocenters. The largest absolute Gasteiger partial charge is 0.355 e. The zero-order valence-corrected chi connectivity index (χ0v) is 12.5. The molecule has 3 aliphatic rings. The highest BCUT2D eigenvalue weighted by molar-refractivity contribution is 5.85. The number of hydroxylamine groups is 2. The van der Waals surface area contributed by atoms with Crippen molar-refractivity contribution >= 4 is 18.6 Å². The monoisotopic (exact) mass is 282 g/mol. The van der Waals surface area contributed by atoms with Gasteiger partial charge in [0.05, 0.1) is 25.2 Å². The third-order valence-electron chi connectivity index (χ3n) is 3.73. The van der Waals surface area contributed by atoms with Crippen molar-refractivity contribution in [1.82, 2.24) is 14.9 Å².